The molecule has 0 saturated heterocycles. The first-order chi connectivity index (χ1) is 4.93. The molecule has 1 aromatic rings. The highest BCUT2D eigenvalue weighted by Crippen LogP contribution is 2.02. The third-order valence-electron chi connectivity index (χ3n) is 1.41. The van der Waals surface area contributed by atoms with Crippen LogP contribution in [0.2, 0.25) is 0 Å². The van der Waals surface area contributed by atoms with Crippen molar-refractivity contribution in [1.82, 2.24) is 9.36 Å². The molecule has 1 aromatic heterocycles. The van der Waals surface area contributed by atoms with Gasteiger partial charge < -0.3 is 0 Å². The Morgan fingerprint density at radius 1 is 1.50 bits per heavy atom. The summed E-state index contributed by atoms with van der Waals surface area (Å²) in [6.45, 7) is 2.20. The third kappa shape index (κ3) is 2.43. The molecule has 2 nitrogen and oxygen atoms in total. The second-order valence-electron chi connectivity index (χ2n) is 2.30. The Morgan fingerprint density at radius 2 is 2.40 bits per heavy atom. The quantitative estimate of drug-likeness (QED) is 0.625. The van der Waals surface area contributed by atoms with Gasteiger partial charge in [0.1, 0.15) is 11.3 Å². The smallest absolute Gasteiger partial charge is 0.142 e. The molecule has 0 saturated carbocycles. The minimum absolute atomic E-state index is 1.01. The van der Waals surface area contributed by atoms with Gasteiger partial charge in [0.05, 0.1) is 0 Å². The largest absolute Gasteiger partial charge is 0.228 e. The van der Waals surface area contributed by atoms with Gasteiger partial charge in [0.2, 0.25) is 0 Å². The average molecular weight is 156 g/mol. The number of nitrogens with zero attached hydrogens (tertiary/aromatic N) is 2. The molecule has 0 aliphatic carbocycles. The molecule has 0 amide bonds. The van der Waals surface area contributed by atoms with Crippen molar-refractivity contribution in [2.24, 2.45) is 0 Å². The summed E-state index contributed by atoms with van der Waals surface area (Å²) < 4.78 is 4.12. The van der Waals surface area contributed by atoms with E-state index in [0.29, 0.717) is 0 Å². The summed E-state index contributed by atoms with van der Waals surface area (Å²) in [7, 11) is 0. The van der Waals surface area contributed by atoms with Crippen molar-refractivity contribution in [3.8, 4) is 0 Å². The van der Waals surface area contributed by atoms with E-state index >= 15 is 0 Å². The number of aromatic nitrogens is 2. The van der Waals surface area contributed by atoms with Gasteiger partial charge >= 0.3 is 0 Å². The first kappa shape index (κ1) is 7.66. The minimum Gasteiger partial charge on any atom is -0.228 e. The van der Waals surface area contributed by atoms with Crippen molar-refractivity contribution in [2.45, 2.75) is 32.6 Å². The van der Waals surface area contributed by atoms with Crippen LogP contribution in [0, 0.1) is 0 Å². The summed E-state index contributed by atoms with van der Waals surface area (Å²) in [6, 6.07) is 0. The van der Waals surface area contributed by atoms with Crippen molar-refractivity contribution in [2.75, 3.05) is 0 Å². The molecule has 0 aromatic carbocycles. The molecule has 0 fully saturated rings. The molecule has 3 heteroatoms. The predicted molar refractivity (Wildman–Crippen MR) is 43.1 cm³/mol. The predicted octanol–water partition coefficient (Wildman–Crippen LogP) is 2.27. The van der Waals surface area contributed by atoms with Gasteiger partial charge in [-0.3, -0.25) is 0 Å². The van der Waals surface area contributed by atoms with Gasteiger partial charge in [-0.05, 0) is 18.0 Å². The molecule has 0 radical (unpaired) electrons. The molecule has 10 heavy (non-hydrogen) atoms. The Kier molecular flexibility index (Phi) is 3.36. The van der Waals surface area contributed by atoms with Crippen LogP contribution in [-0.2, 0) is 6.42 Å². The van der Waals surface area contributed by atoms with E-state index in [1.807, 2.05) is 0 Å². The second kappa shape index (κ2) is 4.39. The van der Waals surface area contributed by atoms with E-state index in [9.17, 15) is 0 Å². The van der Waals surface area contributed by atoms with Crippen LogP contribution in [0.1, 0.15) is 32.0 Å². The highest BCUT2D eigenvalue weighted by atomic mass is 32.1. The Hall–Kier alpha value is -0.440. The zero-order valence-electron chi connectivity index (χ0n) is 6.21. The number of hydrogen-bond acceptors (Lipinski definition) is 3. The van der Waals surface area contributed by atoms with Crippen LogP contribution < -0.4 is 0 Å². The second-order valence-corrected chi connectivity index (χ2v) is 2.91. The van der Waals surface area contributed by atoms with E-state index in [-0.39, 0.29) is 0 Å². The van der Waals surface area contributed by atoms with Crippen LogP contribution >= 0.6 is 11.5 Å². The summed E-state index contributed by atoms with van der Waals surface area (Å²) in [5.41, 5.74) is 1.79. The van der Waals surface area contributed by atoms with Crippen LogP contribution in [-0.4, -0.2) is 9.36 Å². The molecule has 0 N–H and O–H groups in total. The molecule has 1 rings (SSSR count). The van der Waals surface area contributed by atoms with Gasteiger partial charge in [0.15, 0.2) is 0 Å². The van der Waals surface area contributed by atoms with Gasteiger partial charge in [0.25, 0.3) is 0 Å². The molecule has 0 aliphatic heterocycles. The summed E-state index contributed by atoms with van der Waals surface area (Å²) in [4.78, 5) is 4.10. The van der Waals surface area contributed by atoms with Crippen LogP contribution in [0.15, 0.2) is 5.51 Å². The first-order valence-corrected chi connectivity index (χ1v) is 4.52. The maximum atomic E-state index is 4.12. The zero-order chi connectivity index (χ0) is 7.23. The summed E-state index contributed by atoms with van der Waals surface area (Å²) >= 11 is 1.44. The molecular weight excluding hydrogens is 144 g/mol. The van der Waals surface area contributed by atoms with Crippen molar-refractivity contribution in [3.63, 3.8) is 0 Å². The van der Waals surface area contributed by atoms with Crippen LogP contribution in [0.3, 0.4) is 0 Å². The van der Waals surface area contributed by atoms with E-state index in [4.69, 9.17) is 0 Å². The van der Waals surface area contributed by atoms with Gasteiger partial charge in [-0.25, -0.2) is 4.98 Å². The molecule has 1 heterocycles. The lowest BCUT2D eigenvalue weighted by atomic mass is 10.2. The monoisotopic (exact) mass is 156 g/mol. The molecule has 0 aliphatic rings. The van der Waals surface area contributed by atoms with Gasteiger partial charge in [-0.1, -0.05) is 19.8 Å². The van der Waals surface area contributed by atoms with E-state index in [2.05, 4.69) is 16.3 Å². The average Bonchev–Trinajstić information content (AvgIpc) is 2.41. The number of aryl methyl sites for hydroxylation is 1. The highest BCUT2D eigenvalue weighted by molar-refractivity contribution is 7.03. The van der Waals surface area contributed by atoms with Crippen molar-refractivity contribution >= 4 is 11.5 Å². The summed E-state index contributed by atoms with van der Waals surface area (Å²) in [6.07, 6.45) is 4.84. The van der Waals surface area contributed by atoms with Crippen LogP contribution in [0.5, 0.6) is 0 Å². The number of unbranched alkanes of at least 4 members (excludes halogenated alkanes) is 2. The van der Waals surface area contributed by atoms with Crippen molar-refractivity contribution in [1.29, 1.82) is 0 Å². The number of hydrogen-bond donors (Lipinski definition) is 0. The van der Waals surface area contributed by atoms with E-state index in [1.54, 1.807) is 5.51 Å². The third-order valence-corrected chi connectivity index (χ3v) is 1.93. The lowest BCUT2D eigenvalue weighted by Crippen LogP contribution is -1.86. The maximum Gasteiger partial charge on any atom is 0.142 e. The summed E-state index contributed by atoms with van der Waals surface area (Å²) in [5.74, 6) is 1.01. The maximum absolute atomic E-state index is 4.12. The lowest BCUT2D eigenvalue weighted by Gasteiger charge is -1.91. The van der Waals surface area contributed by atoms with E-state index in [0.717, 1.165) is 12.2 Å². The SMILES string of the molecule is CCCCCc1ncsn1. The van der Waals surface area contributed by atoms with Crippen molar-refractivity contribution < 1.29 is 0 Å². The molecule has 0 atom stereocenters. The fourth-order valence-corrected chi connectivity index (χ4v) is 1.31. The molecule has 0 bridgehead atoms. The van der Waals surface area contributed by atoms with E-state index in [1.165, 1.54) is 30.8 Å². The van der Waals surface area contributed by atoms with Gasteiger partial charge in [-0.15, -0.1) is 0 Å². The molecule has 0 unspecified atom stereocenters. The Labute approximate surface area is 65.5 Å². The van der Waals surface area contributed by atoms with Gasteiger partial charge in [0, 0.05) is 6.42 Å². The topological polar surface area (TPSA) is 25.8 Å². The number of rotatable bonds is 4. The Morgan fingerprint density at radius 3 is 3.00 bits per heavy atom. The van der Waals surface area contributed by atoms with Crippen LogP contribution in [0.4, 0.5) is 0 Å². The lowest BCUT2D eigenvalue weighted by molar-refractivity contribution is 0.700. The first-order valence-electron chi connectivity index (χ1n) is 3.68. The zero-order valence-corrected chi connectivity index (χ0v) is 7.02. The fraction of sp³-hybridized carbons (Fsp3) is 0.714. The standard InChI is InChI=1S/C7H12N2S/c1-2-3-4-5-7-8-6-10-9-7/h6H,2-5H2,1H3. The van der Waals surface area contributed by atoms with Crippen molar-refractivity contribution in [3.05, 3.63) is 11.3 Å². The fourth-order valence-electron chi connectivity index (χ4n) is 0.836. The Bertz CT molecular complexity index is 160. The minimum atomic E-state index is 1.01. The highest BCUT2D eigenvalue weighted by Gasteiger charge is 1.94. The molecule has 56 valence electrons. The Balaban J connectivity index is 2.15. The molecule has 0 spiro atoms. The molecular formula is C7H12N2S. The normalized spacial score (nSPS) is 10.1. The summed E-state index contributed by atoms with van der Waals surface area (Å²) in [5, 5.41) is 0. The van der Waals surface area contributed by atoms with Crippen LogP contribution in [0.25, 0.3) is 0 Å². The van der Waals surface area contributed by atoms with Gasteiger partial charge in [-0.2, -0.15) is 4.37 Å². The van der Waals surface area contributed by atoms with E-state index < -0.39 is 0 Å².